The van der Waals surface area contributed by atoms with Crippen LogP contribution in [-0.4, -0.2) is 4.98 Å². The topological polar surface area (TPSA) is 48.7 Å². The maximum atomic E-state index is 9.37. The van der Waals surface area contributed by atoms with Crippen molar-refractivity contribution in [1.29, 1.82) is 5.26 Å². The summed E-state index contributed by atoms with van der Waals surface area (Å²) in [6.07, 6.45) is 4.41. The Bertz CT molecular complexity index is 732. The van der Waals surface area contributed by atoms with Gasteiger partial charge in [0.2, 0.25) is 0 Å². The van der Waals surface area contributed by atoms with Crippen molar-refractivity contribution >= 4 is 27.4 Å². The van der Waals surface area contributed by atoms with Gasteiger partial charge in [-0.25, -0.2) is 4.98 Å². The van der Waals surface area contributed by atoms with Crippen molar-refractivity contribution in [2.75, 3.05) is 5.32 Å². The molecule has 106 valence electrons. The normalized spacial score (nSPS) is 13.4. The lowest BCUT2D eigenvalue weighted by atomic mass is 9.95. The van der Waals surface area contributed by atoms with E-state index in [0.717, 1.165) is 28.7 Å². The Kier molecular flexibility index (Phi) is 3.94. The van der Waals surface area contributed by atoms with E-state index in [1.54, 1.807) is 0 Å². The van der Waals surface area contributed by atoms with E-state index < -0.39 is 0 Å². The molecule has 21 heavy (non-hydrogen) atoms. The lowest BCUT2D eigenvalue weighted by Gasteiger charge is -2.17. The third kappa shape index (κ3) is 2.93. The molecule has 3 nitrogen and oxygen atoms in total. The zero-order valence-electron chi connectivity index (χ0n) is 11.9. The molecule has 0 aliphatic heterocycles. The summed E-state index contributed by atoms with van der Waals surface area (Å²) in [7, 11) is 0. The van der Waals surface area contributed by atoms with Crippen LogP contribution in [0.4, 0.5) is 11.5 Å². The van der Waals surface area contributed by atoms with Gasteiger partial charge in [0.15, 0.2) is 0 Å². The van der Waals surface area contributed by atoms with Gasteiger partial charge in [-0.3, -0.25) is 0 Å². The maximum absolute atomic E-state index is 9.37. The predicted molar refractivity (Wildman–Crippen MR) is 87.8 cm³/mol. The molecule has 1 heterocycles. The van der Waals surface area contributed by atoms with Gasteiger partial charge in [-0.1, -0.05) is 6.07 Å². The average molecular weight is 342 g/mol. The Hall–Kier alpha value is -1.86. The summed E-state index contributed by atoms with van der Waals surface area (Å²) in [5.41, 5.74) is 5.09. The van der Waals surface area contributed by atoms with Crippen LogP contribution in [0.2, 0.25) is 0 Å². The van der Waals surface area contributed by atoms with Crippen LogP contribution >= 0.6 is 15.9 Å². The summed E-state index contributed by atoms with van der Waals surface area (Å²) in [6.45, 7) is 2.05. The number of aryl methyl sites for hydroxylation is 3. The number of anilines is 2. The fraction of sp³-hybridized carbons (Fsp3) is 0.294. The standard InChI is InChI=1S/C17H16BrN3/c1-11-6-7-16(14(18)8-11)21-17-13(10-19)9-12-4-2-3-5-15(12)20-17/h6-9H,2-5H2,1H3,(H,20,21). The van der Waals surface area contributed by atoms with E-state index in [-0.39, 0.29) is 0 Å². The van der Waals surface area contributed by atoms with E-state index in [1.165, 1.54) is 24.0 Å². The van der Waals surface area contributed by atoms with E-state index in [9.17, 15) is 5.26 Å². The van der Waals surface area contributed by atoms with Crippen LogP contribution in [0, 0.1) is 18.3 Å². The largest absolute Gasteiger partial charge is 0.338 e. The number of nitriles is 1. The molecule has 1 aromatic carbocycles. The first kappa shape index (κ1) is 14.1. The van der Waals surface area contributed by atoms with Gasteiger partial charge in [-0.15, -0.1) is 0 Å². The molecule has 0 saturated heterocycles. The molecule has 1 aromatic heterocycles. The van der Waals surface area contributed by atoms with Gasteiger partial charge in [0.05, 0.1) is 11.3 Å². The zero-order chi connectivity index (χ0) is 14.8. The van der Waals surface area contributed by atoms with Crippen LogP contribution in [0.3, 0.4) is 0 Å². The van der Waals surface area contributed by atoms with Crippen LogP contribution in [0.25, 0.3) is 0 Å². The highest BCUT2D eigenvalue weighted by atomic mass is 79.9. The van der Waals surface area contributed by atoms with Gasteiger partial charge in [0, 0.05) is 10.2 Å². The molecule has 2 aromatic rings. The molecule has 0 radical (unpaired) electrons. The van der Waals surface area contributed by atoms with Gasteiger partial charge in [0.1, 0.15) is 11.9 Å². The number of pyridine rings is 1. The number of halogens is 1. The van der Waals surface area contributed by atoms with Crippen molar-refractivity contribution in [2.24, 2.45) is 0 Å². The Labute approximate surface area is 133 Å². The van der Waals surface area contributed by atoms with Crippen LogP contribution in [0.15, 0.2) is 28.7 Å². The van der Waals surface area contributed by atoms with E-state index >= 15 is 0 Å². The first-order chi connectivity index (χ1) is 10.2. The second-order valence-corrected chi connectivity index (χ2v) is 6.27. The van der Waals surface area contributed by atoms with Gasteiger partial charge < -0.3 is 5.32 Å². The number of hydrogen-bond donors (Lipinski definition) is 1. The minimum Gasteiger partial charge on any atom is -0.338 e. The number of nitrogens with zero attached hydrogens (tertiary/aromatic N) is 2. The van der Waals surface area contributed by atoms with Crippen molar-refractivity contribution in [1.82, 2.24) is 4.98 Å². The monoisotopic (exact) mass is 341 g/mol. The molecule has 0 spiro atoms. The molecule has 0 bridgehead atoms. The zero-order valence-corrected chi connectivity index (χ0v) is 13.5. The predicted octanol–water partition coefficient (Wildman–Crippen LogP) is 4.65. The highest BCUT2D eigenvalue weighted by Gasteiger charge is 2.15. The smallest absolute Gasteiger partial charge is 0.148 e. The lowest BCUT2D eigenvalue weighted by Crippen LogP contribution is -2.09. The molecule has 1 N–H and O–H groups in total. The Morgan fingerprint density at radius 1 is 1.24 bits per heavy atom. The summed E-state index contributed by atoms with van der Waals surface area (Å²) < 4.78 is 0.978. The fourth-order valence-corrected chi connectivity index (χ4v) is 3.26. The van der Waals surface area contributed by atoms with E-state index in [1.807, 2.05) is 31.2 Å². The first-order valence-corrected chi connectivity index (χ1v) is 7.93. The van der Waals surface area contributed by atoms with E-state index in [0.29, 0.717) is 11.4 Å². The SMILES string of the molecule is Cc1ccc(Nc2nc3c(cc2C#N)CCCC3)c(Br)c1. The molecule has 4 heteroatoms. The molecule has 0 saturated carbocycles. The quantitative estimate of drug-likeness (QED) is 0.864. The molecule has 1 aliphatic carbocycles. The number of aromatic nitrogens is 1. The molecule has 0 fully saturated rings. The van der Waals surface area contributed by atoms with Crippen molar-refractivity contribution in [2.45, 2.75) is 32.6 Å². The Morgan fingerprint density at radius 2 is 2.05 bits per heavy atom. The number of rotatable bonds is 2. The second kappa shape index (κ2) is 5.87. The third-order valence-corrected chi connectivity index (χ3v) is 4.46. The summed E-state index contributed by atoms with van der Waals surface area (Å²) in [5, 5.41) is 12.7. The van der Waals surface area contributed by atoms with Gasteiger partial charge in [-0.05, 0) is 77.9 Å². The van der Waals surface area contributed by atoms with Gasteiger partial charge in [-0.2, -0.15) is 5.26 Å². The summed E-state index contributed by atoms with van der Waals surface area (Å²) in [6, 6.07) is 10.3. The van der Waals surface area contributed by atoms with Crippen molar-refractivity contribution in [3.63, 3.8) is 0 Å². The molecule has 0 unspecified atom stereocenters. The number of nitrogens with one attached hydrogen (secondary N) is 1. The van der Waals surface area contributed by atoms with E-state index in [4.69, 9.17) is 0 Å². The summed E-state index contributed by atoms with van der Waals surface area (Å²) in [4.78, 5) is 4.69. The van der Waals surface area contributed by atoms with Crippen molar-refractivity contribution in [3.05, 3.63) is 51.1 Å². The number of hydrogen-bond acceptors (Lipinski definition) is 3. The fourth-order valence-electron chi connectivity index (χ4n) is 2.66. The van der Waals surface area contributed by atoms with Crippen molar-refractivity contribution < 1.29 is 0 Å². The number of benzene rings is 1. The molecular weight excluding hydrogens is 326 g/mol. The van der Waals surface area contributed by atoms with Crippen LogP contribution in [0.5, 0.6) is 0 Å². The van der Waals surface area contributed by atoms with Crippen LogP contribution in [0.1, 0.15) is 35.2 Å². The first-order valence-electron chi connectivity index (χ1n) is 7.13. The van der Waals surface area contributed by atoms with E-state index in [2.05, 4.69) is 32.3 Å². The van der Waals surface area contributed by atoms with Gasteiger partial charge >= 0.3 is 0 Å². The summed E-state index contributed by atoms with van der Waals surface area (Å²) >= 11 is 3.55. The summed E-state index contributed by atoms with van der Waals surface area (Å²) in [5.74, 6) is 0.655. The number of fused-ring (bicyclic) bond motifs is 1. The maximum Gasteiger partial charge on any atom is 0.148 e. The molecule has 0 atom stereocenters. The Morgan fingerprint density at radius 3 is 2.81 bits per heavy atom. The average Bonchev–Trinajstić information content (AvgIpc) is 2.49. The molecule has 1 aliphatic rings. The minimum absolute atomic E-state index is 0.614. The van der Waals surface area contributed by atoms with Crippen LogP contribution < -0.4 is 5.32 Å². The molecular formula is C17H16BrN3. The van der Waals surface area contributed by atoms with Crippen LogP contribution in [-0.2, 0) is 12.8 Å². The third-order valence-electron chi connectivity index (χ3n) is 3.80. The highest BCUT2D eigenvalue weighted by molar-refractivity contribution is 9.10. The second-order valence-electron chi connectivity index (χ2n) is 5.42. The lowest BCUT2D eigenvalue weighted by molar-refractivity contribution is 0.668. The highest BCUT2D eigenvalue weighted by Crippen LogP contribution is 2.30. The molecule has 0 amide bonds. The molecule has 3 rings (SSSR count). The minimum atomic E-state index is 0.614. The van der Waals surface area contributed by atoms with Crippen molar-refractivity contribution in [3.8, 4) is 6.07 Å². The Balaban J connectivity index is 1.99. The van der Waals surface area contributed by atoms with Gasteiger partial charge in [0.25, 0.3) is 0 Å².